The lowest BCUT2D eigenvalue weighted by molar-refractivity contribution is 0.133. The van der Waals surface area contributed by atoms with Crippen LogP contribution in [0.15, 0.2) is 18.6 Å². The molecule has 1 aliphatic carbocycles. The zero-order valence-corrected chi connectivity index (χ0v) is 10.2. The van der Waals surface area contributed by atoms with Gasteiger partial charge in [-0.15, -0.1) is 0 Å². The van der Waals surface area contributed by atoms with E-state index < -0.39 is 0 Å². The third kappa shape index (κ3) is 3.75. The molecular weight excluding hydrogens is 214 g/mol. The molecular formula is C13H21N3O. The van der Waals surface area contributed by atoms with Crippen molar-refractivity contribution in [2.24, 2.45) is 11.8 Å². The molecule has 2 unspecified atom stereocenters. The molecule has 2 rings (SSSR count). The van der Waals surface area contributed by atoms with E-state index in [1.165, 1.54) is 25.7 Å². The molecule has 2 atom stereocenters. The molecule has 1 heterocycles. The van der Waals surface area contributed by atoms with Crippen molar-refractivity contribution >= 4 is 0 Å². The highest BCUT2D eigenvalue weighted by atomic mass is 16.3. The van der Waals surface area contributed by atoms with Gasteiger partial charge in [-0.2, -0.15) is 0 Å². The van der Waals surface area contributed by atoms with Gasteiger partial charge in [0.1, 0.15) is 6.33 Å². The van der Waals surface area contributed by atoms with Gasteiger partial charge in [-0.25, -0.2) is 9.97 Å². The third-order valence-electron chi connectivity index (χ3n) is 3.66. The van der Waals surface area contributed by atoms with Gasteiger partial charge in [0, 0.05) is 19.3 Å². The van der Waals surface area contributed by atoms with Gasteiger partial charge in [0.25, 0.3) is 0 Å². The maximum absolute atomic E-state index is 9.33. The van der Waals surface area contributed by atoms with Crippen molar-refractivity contribution in [3.63, 3.8) is 0 Å². The van der Waals surface area contributed by atoms with Crippen molar-refractivity contribution < 1.29 is 5.11 Å². The number of rotatable bonds is 5. The molecule has 0 amide bonds. The summed E-state index contributed by atoms with van der Waals surface area (Å²) >= 11 is 0. The van der Waals surface area contributed by atoms with E-state index in [9.17, 15) is 5.11 Å². The van der Waals surface area contributed by atoms with E-state index in [-0.39, 0.29) is 0 Å². The molecule has 17 heavy (non-hydrogen) atoms. The Morgan fingerprint density at radius 2 is 2.12 bits per heavy atom. The second kappa shape index (κ2) is 6.67. The molecule has 0 radical (unpaired) electrons. The second-order valence-electron chi connectivity index (χ2n) is 4.82. The van der Waals surface area contributed by atoms with Crippen LogP contribution in [0, 0.1) is 11.8 Å². The van der Waals surface area contributed by atoms with Gasteiger partial charge < -0.3 is 10.4 Å². The van der Waals surface area contributed by atoms with Crippen molar-refractivity contribution in [2.45, 2.75) is 32.2 Å². The van der Waals surface area contributed by atoms with Crippen LogP contribution in [-0.2, 0) is 6.54 Å². The fourth-order valence-corrected chi connectivity index (χ4v) is 2.60. The molecule has 1 fully saturated rings. The van der Waals surface area contributed by atoms with Crippen LogP contribution in [0.25, 0.3) is 0 Å². The van der Waals surface area contributed by atoms with E-state index in [4.69, 9.17) is 0 Å². The Morgan fingerprint density at radius 3 is 2.82 bits per heavy atom. The maximum Gasteiger partial charge on any atom is 0.115 e. The molecule has 0 spiro atoms. The Morgan fingerprint density at radius 1 is 1.29 bits per heavy atom. The summed E-state index contributed by atoms with van der Waals surface area (Å²) in [4.78, 5) is 8.07. The third-order valence-corrected chi connectivity index (χ3v) is 3.66. The van der Waals surface area contributed by atoms with E-state index in [2.05, 4.69) is 15.3 Å². The smallest absolute Gasteiger partial charge is 0.115 e. The van der Waals surface area contributed by atoms with E-state index in [0.717, 1.165) is 18.8 Å². The molecule has 0 saturated heterocycles. The molecule has 4 nitrogen and oxygen atoms in total. The molecule has 1 aromatic heterocycles. The van der Waals surface area contributed by atoms with Gasteiger partial charge in [0.05, 0.1) is 5.69 Å². The number of hydrogen-bond donors (Lipinski definition) is 2. The van der Waals surface area contributed by atoms with Crippen LogP contribution in [0.3, 0.4) is 0 Å². The van der Waals surface area contributed by atoms with E-state index in [0.29, 0.717) is 18.4 Å². The Labute approximate surface area is 102 Å². The zero-order valence-electron chi connectivity index (χ0n) is 10.2. The summed E-state index contributed by atoms with van der Waals surface area (Å²) < 4.78 is 0. The number of nitrogens with zero attached hydrogens (tertiary/aromatic N) is 2. The van der Waals surface area contributed by atoms with Gasteiger partial charge in [0.15, 0.2) is 0 Å². The first-order chi connectivity index (χ1) is 8.40. The number of aliphatic hydroxyl groups excluding tert-OH is 1. The van der Waals surface area contributed by atoms with Crippen LogP contribution in [0.1, 0.15) is 31.4 Å². The summed E-state index contributed by atoms with van der Waals surface area (Å²) in [6, 6.07) is 1.93. The van der Waals surface area contributed by atoms with Crippen LogP contribution >= 0.6 is 0 Å². The average Bonchev–Trinajstić information content (AvgIpc) is 2.40. The standard InChI is InChI=1S/C13H21N3O/c17-9-12-4-2-1-3-11(12)7-15-8-13-5-6-14-10-16-13/h5-6,10-12,15,17H,1-4,7-9H2. The summed E-state index contributed by atoms with van der Waals surface area (Å²) in [5.74, 6) is 1.11. The first kappa shape index (κ1) is 12.5. The summed E-state index contributed by atoms with van der Waals surface area (Å²) in [5.41, 5.74) is 1.02. The summed E-state index contributed by atoms with van der Waals surface area (Å²) in [6.07, 6.45) is 8.33. The molecule has 0 aliphatic heterocycles. The Balaban J connectivity index is 1.74. The van der Waals surface area contributed by atoms with E-state index in [1.807, 2.05) is 6.07 Å². The zero-order chi connectivity index (χ0) is 11.9. The van der Waals surface area contributed by atoms with Crippen molar-refractivity contribution in [1.82, 2.24) is 15.3 Å². The highest BCUT2D eigenvalue weighted by Crippen LogP contribution is 2.29. The number of hydrogen-bond acceptors (Lipinski definition) is 4. The van der Waals surface area contributed by atoms with Gasteiger partial charge in [0.2, 0.25) is 0 Å². The first-order valence-corrected chi connectivity index (χ1v) is 6.46. The van der Waals surface area contributed by atoms with Gasteiger partial charge in [-0.05, 0) is 37.3 Å². The van der Waals surface area contributed by atoms with Crippen LogP contribution < -0.4 is 5.32 Å². The molecule has 1 aromatic rings. The number of aliphatic hydroxyl groups is 1. The van der Waals surface area contributed by atoms with Crippen molar-refractivity contribution in [3.8, 4) is 0 Å². The number of aromatic nitrogens is 2. The van der Waals surface area contributed by atoms with E-state index in [1.54, 1.807) is 12.5 Å². The summed E-state index contributed by atoms with van der Waals surface area (Å²) in [5, 5.41) is 12.8. The second-order valence-corrected chi connectivity index (χ2v) is 4.82. The quantitative estimate of drug-likeness (QED) is 0.809. The summed E-state index contributed by atoms with van der Waals surface area (Å²) in [6.45, 7) is 2.10. The lowest BCUT2D eigenvalue weighted by Crippen LogP contribution is -2.32. The molecule has 0 bridgehead atoms. The maximum atomic E-state index is 9.33. The minimum absolute atomic E-state index is 0.333. The van der Waals surface area contributed by atoms with Crippen molar-refractivity contribution in [2.75, 3.05) is 13.2 Å². The van der Waals surface area contributed by atoms with Crippen molar-refractivity contribution in [1.29, 1.82) is 0 Å². The monoisotopic (exact) mass is 235 g/mol. The van der Waals surface area contributed by atoms with Crippen LogP contribution in [0.4, 0.5) is 0 Å². The SMILES string of the molecule is OCC1CCCCC1CNCc1ccncn1. The molecule has 0 aromatic carbocycles. The Hall–Kier alpha value is -1.00. The molecule has 2 N–H and O–H groups in total. The predicted octanol–water partition coefficient (Wildman–Crippen LogP) is 1.36. The lowest BCUT2D eigenvalue weighted by atomic mass is 9.79. The Bertz CT molecular complexity index is 318. The first-order valence-electron chi connectivity index (χ1n) is 6.46. The Kier molecular flexibility index (Phi) is 4.88. The average molecular weight is 235 g/mol. The minimum atomic E-state index is 0.333. The molecule has 4 heteroatoms. The minimum Gasteiger partial charge on any atom is -0.396 e. The van der Waals surface area contributed by atoms with Crippen LogP contribution in [-0.4, -0.2) is 28.2 Å². The fourth-order valence-electron chi connectivity index (χ4n) is 2.60. The van der Waals surface area contributed by atoms with E-state index >= 15 is 0 Å². The predicted molar refractivity (Wildman–Crippen MR) is 66.3 cm³/mol. The number of nitrogens with one attached hydrogen (secondary N) is 1. The van der Waals surface area contributed by atoms with Gasteiger partial charge in [-0.3, -0.25) is 0 Å². The highest BCUT2D eigenvalue weighted by molar-refractivity contribution is 4.97. The normalized spacial score (nSPS) is 24.8. The lowest BCUT2D eigenvalue weighted by Gasteiger charge is -2.30. The molecule has 1 saturated carbocycles. The van der Waals surface area contributed by atoms with Gasteiger partial charge in [-0.1, -0.05) is 12.8 Å². The van der Waals surface area contributed by atoms with Gasteiger partial charge >= 0.3 is 0 Å². The topological polar surface area (TPSA) is 58.0 Å². The van der Waals surface area contributed by atoms with Crippen LogP contribution in [0.2, 0.25) is 0 Å². The largest absolute Gasteiger partial charge is 0.396 e. The molecule has 94 valence electrons. The molecule has 1 aliphatic rings. The van der Waals surface area contributed by atoms with Crippen LogP contribution in [0.5, 0.6) is 0 Å². The van der Waals surface area contributed by atoms with Crippen molar-refractivity contribution in [3.05, 3.63) is 24.3 Å². The summed E-state index contributed by atoms with van der Waals surface area (Å²) in [7, 11) is 0. The fraction of sp³-hybridized carbons (Fsp3) is 0.692. The highest BCUT2D eigenvalue weighted by Gasteiger charge is 2.23.